The molecule has 0 aliphatic rings. The fourth-order valence-corrected chi connectivity index (χ4v) is 2.15. The van der Waals surface area contributed by atoms with Gasteiger partial charge in [0, 0.05) is 22.3 Å². The summed E-state index contributed by atoms with van der Waals surface area (Å²) in [7, 11) is 0. The van der Waals surface area contributed by atoms with E-state index in [0.29, 0.717) is 0 Å². The summed E-state index contributed by atoms with van der Waals surface area (Å²) < 4.78 is 6.95. The molecule has 0 fully saturated rings. The van der Waals surface area contributed by atoms with Gasteiger partial charge in [0.25, 0.3) is 0 Å². The van der Waals surface area contributed by atoms with Crippen molar-refractivity contribution in [3.05, 3.63) is 52.3 Å². The zero-order valence-corrected chi connectivity index (χ0v) is 13.4. The topological polar surface area (TPSA) is 34.1 Å². The number of halogens is 1. The van der Waals surface area contributed by atoms with Crippen molar-refractivity contribution in [3.63, 3.8) is 0 Å². The molecule has 0 unspecified atom stereocenters. The van der Waals surface area contributed by atoms with E-state index in [4.69, 9.17) is 4.74 Å². The Hall–Kier alpha value is -1.39. The molecule has 1 aromatic heterocycles. The minimum absolute atomic E-state index is 0.755. The number of benzene rings is 1. The Morgan fingerprint density at radius 2 is 2.10 bits per heavy atom. The summed E-state index contributed by atoms with van der Waals surface area (Å²) in [5.74, 6) is 1.61. The Morgan fingerprint density at radius 1 is 1.25 bits per heavy atom. The SMILES string of the molecule is CCCNCc1ccc(Br)cc1Oc1ccc(C)nc1. The number of rotatable bonds is 6. The maximum atomic E-state index is 5.94. The van der Waals surface area contributed by atoms with Gasteiger partial charge in [-0.15, -0.1) is 0 Å². The van der Waals surface area contributed by atoms with Crippen LogP contribution in [0.5, 0.6) is 11.5 Å². The van der Waals surface area contributed by atoms with Crippen LogP contribution in [0.2, 0.25) is 0 Å². The van der Waals surface area contributed by atoms with Gasteiger partial charge in [-0.1, -0.05) is 28.9 Å². The van der Waals surface area contributed by atoms with Crippen LogP contribution in [-0.2, 0) is 6.54 Å². The second-order valence-electron chi connectivity index (χ2n) is 4.67. The van der Waals surface area contributed by atoms with Crippen molar-refractivity contribution in [3.8, 4) is 11.5 Å². The summed E-state index contributed by atoms with van der Waals surface area (Å²) >= 11 is 3.49. The molecule has 106 valence electrons. The average molecular weight is 335 g/mol. The summed E-state index contributed by atoms with van der Waals surface area (Å²) in [6, 6.07) is 9.98. The Balaban J connectivity index is 2.15. The third-order valence-electron chi connectivity index (χ3n) is 2.88. The molecule has 4 heteroatoms. The molecule has 1 N–H and O–H groups in total. The van der Waals surface area contributed by atoms with Crippen LogP contribution in [0.15, 0.2) is 41.0 Å². The van der Waals surface area contributed by atoms with E-state index in [0.717, 1.165) is 46.7 Å². The first-order valence-electron chi connectivity index (χ1n) is 6.78. The Labute approximate surface area is 128 Å². The molecule has 2 aromatic rings. The second kappa shape index (κ2) is 7.41. The molecular formula is C16H19BrN2O. The number of hydrogen-bond donors (Lipinski definition) is 1. The molecule has 1 aromatic carbocycles. The predicted octanol–water partition coefficient (Wildman–Crippen LogP) is 4.44. The van der Waals surface area contributed by atoms with E-state index >= 15 is 0 Å². The highest BCUT2D eigenvalue weighted by Gasteiger charge is 2.06. The summed E-state index contributed by atoms with van der Waals surface area (Å²) in [5.41, 5.74) is 2.12. The minimum Gasteiger partial charge on any atom is -0.455 e. The molecule has 2 rings (SSSR count). The molecule has 0 bridgehead atoms. The number of pyridine rings is 1. The lowest BCUT2D eigenvalue weighted by Gasteiger charge is -2.12. The number of ether oxygens (including phenoxy) is 1. The van der Waals surface area contributed by atoms with Crippen molar-refractivity contribution in [1.29, 1.82) is 0 Å². The third-order valence-corrected chi connectivity index (χ3v) is 3.38. The lowest BCUT2D eigenvalue weighted by molar-refractivity contribution is 0.470. The first-order chi connectivity index (χ1) is 9.69. The van der Waals surface area contributed by atoms with Gasteiger partial charge in [-0.2, -0.15) is 0 Å². The molecule has 20 heavy (non-hydrogen) atoms. The molecule has 1 heterocycles. The quantitative estimate of drug-likeness (QED) is 0.792. The highest BCUT2D eigenvalue weighted by Crippen LogP contribution is 2.28. The standard InChI is InChI=1S/C16H19BrN2O/c1-3-8-18-10-13-5-6-14(17)9-16(13)20-15-7-4-12(2)19-11-15/h4-7,9,11,18H,3,8,10H2,1-2H3. The maximum Gasteiger partial charge on any atom is 0.145 e. The Bertz CT molecular complexity index is 555. The number of nitrogens with one attached hydrogen (secondary N) is 1. The predicted molar refractivity (Wildman–Crippen MR) is 85.2 cm³/mol. The van der Waals surface area contributed by atoms with Crippen molar-refractivity contribution in [1.82, 2.24) is 10.3 Å². The first-order valence-corrected chi connectivity index (χ1v) is 7.58. The van der Waals surface area contributed by atoms with Gasteiger partial charge in [0.05, 0.1) is 6.20 Å². The average Bonchev–Trinajstić information content (AvgIpc) is 2.44. The number of nitrogens with zero attached hydrogens (tertiary/aromatic N) is 1. The van der Waals surface area contributed by atoms with Crippen LogP contribution >= 0.6 is 15.9 Å². The van der Waals surface area contributed by atoms with E-state index in [1.165, 1.54) is 0 Å². The van der Waals surface area contributed by atoms with Gasteiger partial charge < -0.3 is 10.1 Å². The van der Waals surface area contributed by atoms with Crippen LogP contribution in [0.25, 0.3) is 0 Å². The molecule has 0 saturated heterocycles. The normalized spacial score (nSPS) is 10.6. The molecule has 0 aliphatic carbocycles. The number of aromatic nitrogens is 1. The molecule has 0 atom stereocenters. The third kappa shape index (κ3) is 4.32. The molecule has 3 nitrogen and oxygen atoms in total. The van der Waals surface area contributed by atoms with E-state index in [2.05, 4.69) is 39.2 Å². The lowest BCUT2D eigenvalue weighted by atomic mass is 10.2. The largest absolute Gasteiger partial charge is 0.455 e. The van der Waals surface area contributed by atoms with Gasteiger partial charge in [0.1, 0.15) is 11.5 Å². The van der Waals surface area contributed by atoms with Crippen LogP contribution in [0.4, 0.5) is 0 Å². The van der Waals surface area contributed by atoms with E-state index in [1.54, 1.807) is 6.20 Å². The monoisotopic (exact) mass is 334 g/mol. The van der Waals surface area contributed by atoms with Gasteiger partial charge in [-0.25, -0.2) is 0 Å². The Kier molecular flexibility index (Phi) is 5.56. The highest BCUT2D eigenvalue weighted by molar-refractivity contribution is 9.10. The summed E-state index contributed by atoms with van der Waals surface area (Å²) in [6.07, 6.45) is 2.87. The smallest absolute Gasteiger partial charge is 0.145 e. The molecular weight excluding hydrogens is 316 g/mol. The molecule has 0 aliphatic heterocycles. The van der Waals surface area contributed by atoms with Gasteiger partial charge in [0.2, 0.25) is 0 Å². The van der Waals surface area contributed by atoms with Crippen LogP contribution in [-0.4, -0.2) is 11.5 Å². The zero-order chi connectivity index (χ0) is 14.4. The lowest BCUT2D eigenvalue weighted by Crippen LogP contribution is -2.14. The van der Waals surface area contributed by atoms with E-state index in [9.17, 15) is 0 Å². The molecule has 0 amide bonds. The summed E-state index contributed by atoms with van der Waals surface area (Å²) in [6.45, 7) is 5.92. The van der Waals surface area contributed by atoms with Crippen molar-refractivity contribution < 1.29 is 4.74 Å². The molecule has 0 radical (unpaired) electrons. The fourth-order valence-electron chi connectivity index (χ4n) is 1.81. The van der Waals surface area contributed by atoms with Crippen LogP contribution in [0, 0.1) is 6.92 Å². The highest BCUT2D eigenvalue weighted by atomic mass is 79.9. The summed E-state index contributed by atoms with van der Waals surface area (Å²) in [5, 5.41) is 3.40. The fraction of sp³-hybridized carbons (Fsp3) is 0.312. The molecule has 0 saturated carbocycles. The van der Waals surface area contributed by atoms with E-state index in [1.807, 2.05) is 31.2 Å². The van der Waals surface area contributed by atoms with Crippen LogP contribution in [0.1, 0.15) is 24.6 Å². The second-order valence-corrected chi connectivity index (χ2v) is 5.58. The van der Waals surface area contributed by atoms with Crippen LogP contribution < -0.4 is 10.1 Å². The maximum absolute atomic E-state index is 5.94. The summed E-state index contributed by atoms with van der Waals surface area (Å²) in [4.78, 5) is 4.25. The zero-order valence-electron chi connectivity index (χ0n) is 11.8. The van der Waals surface area contributed by atoms with Gasteiger partial charge in [-0.05, 0) is 44.2 Å². The Morgan fingerprint density at radius 3 is 2.80 bits per heavy atom. The first kappa shape index (κ1) is 15.0. The number of aryl methyl sites for hydroxylation is 1. The van der Waals surface area contributed by atoms with Crippen molar-refractivity contribution in [2.24, 2.45) is 0 Å². The minimum atomic E-state index is 0.755. The van der Waals surface area contributed by atoms with Crippen molar-refractivity contribution in [2.45, 2.75) is 26.8 Å². The van der Waals surface area contributed by atoms with Crippen LogP contribution in [0.3, 0.4) is 0 Å². The van der Waals surface area contributed by atoms with Gasteiger partial charge in [-0.3, -0.25) is 4.98 Å². The van der Waals surface area contributed by atoms with E-state index in [-0.39, 0.29) is 0 Å². The van der Waals surface area contributed by atoms with E-state index < -0.39 is 0 Å². The van der Waals surface area contributed by atoms with Gasteiger partial charge in [0.15, 0.2) is 0 Å². The molecule has 0 spiro atoms. The van der Waals surface area contributed by atoms with Crippen molar-refractivity contribution >= 4 is 15.9 Å². The van der Waals surface area contributed by atoms with Gasteiger partial charge >= 0.3 is 0 Å². The number of hydrogen-bond acceptors (Lipinski definition) is 3. The van der Waals surface area contributed by atoms with Crippen molar-refractivity contribution in [2.75, 3.05) is 6.54 Å².